The van der Waals surface area contributed by atoms with E-state index >= 15 is 0 Å². The van der Waals surface area contributed by atoms with Gasteiger partial charge < -0.3 is 5.32 Å². The number of halogens is 1. The van der Waals surface area contributed by atoms with Crippen LogP contribution >= 0.6 is 0 Å². The lowest BCUT2D eigenvalue weighted by Gasteiger charge is -2.35. The number of nitrogens with one attached hydrogen (secondary N) is 1. The van der Waals surface area contributed by atoms with Crippen LogP contribution in [0.25, 0.3) is 10.8 Å². The molecule has 2 aromatic rings. The van der Waals surface area contributed by atoms with Gasteiger partial charge in [-0.1, -0.05) is 42.5 Å². The van der Waals surface area contributed by atoms with Crippen LogP contribution in [0.15, 0.2) is 42.5 Å². The third-order valence-corrected chi connectivity index (χ3v) is 4.16. The molecule has 2 nitrogen and oxygen atoms in total. The number of hydrogen-bond donors (Lipinski definition) is 1. The van der Waals surface area contributed by atoms with Gasteiger partial charge in [0.2, 0.25) is 0 Å². The summed E-state index contributed by atoms with van der Waals surface area (Å²) in [4.78, 5) is 2.41. The van der Waals surface area contributed by atoms with E-state index in [9.17, 15) is 4.39 Å². The van der Waals surface area contributed by atoms with Crippen molar-refractivity contribution in [3.8, 4) is 0 Å². The Labute approximate surface area is 119 Å². The van der Waals surface area contributed by atoms with Crippen LogP contribution in [0, 0.1) is 0 Å². The molecular weight excluding hydrogens is 251 g/mol. The fourth-order valence-electron chi connectivity index (χ4n) is 3.17. The number of nitrogens with zero attached hydrogens (tertiary/aromatic N) is 1. The molecule has 3 rings (SSSR count). The molecule has 0 aromatic heterocycles. The van der Waals surface area contributed by atoms with Gasteiger partial charge >= 0.3 is 0 Å². The van der Waals surface area contributed by atoms with Crippen molar-refractivity contribution in [3.05, 3.63) is 48.0 Å². The topological polar surface area (TPSA) is 15.3 Å². The van der Waals surface area contributed by atoms with Crippen molar-refractivity contribution in [1.82, 2.24) is 10.2 Å². The predicted octanol–water partition coefficient (Wildman–Crippen LogP) is 3.15. The van der Waals surface area contributed by atoms with E-state index in [2.05, 4.69) is 52.7 Å². The van der Waals surface area contributed by atoms with Crippen molar-refractivity contribution in [2.75, 3.05) is 32.9 Å². The molecule has 1 aliphatic heterocycles. The minimum Gasteiger partial charge on any atom is -0.314 e. The van der Waals surface area contributed by atoms with Gasteiger partial charge in [-0.15, -0.1) is 0 Å². The lowest BCUT2D eigenvalue weighted by Crippen LogP contribution is -2.45. The highest BCUT2D eigenvalue weighted by molar-refractivity contribution is 5.86. The number of rotatable bonds is 4. The summed E-state index contributed by atoms with van der Waals surface area (Å²) >= 11 is 0. The first-order chi connectivity index (χ1) is 9.90. The van der Waals surface area contributed by atoms with Crippen molar-refractivity contribution in [1.29, 1.82) is 0 Å². The summed E-state index contributed by atoms with van der Waals surface area (Å²) in [5.41, 5.74) is 1.27. The second-order valence-electron chi connectivity index (χ2n) is 5.35. The molecule has 0 bridgehead atoms. The summed E-state index contributed by atoms with van der Waals surface area (Å²) < 4.78 is 13.0. The molecule has 3 heteroatoms. The Morgan fingerprint density at radius 2 is 1.80 bits per heavy atom. The normalized spacial score (nSPS) is 18.2. The molecule has 1 atom stereocenters. The largest absolute Gasteiger partial charge is 0.314 e. The highest BCUT2D eigenvalue weighted by Crippen LogP contribution is 2.31. The molecule has 1 N–H and O–H groups in total. The van der Waals surface area contributed by atoms with Crippen molar-refractivity contribution in [2.24, 2.45) is 0 Å². The maximum atomic E-state index is 13.0. The molecule has 0 radical (unpaired) electrons. The summed E-state index contributed by atoms with van der Waals surface area (Å²) in [5.74, 6) is 0. The van der Waals surface area contributed by atoms with Gasteiger partial charge in [0.05, 0.1) is 6.67 Å². The van der Waals surface area contributed by atoms with E-state index in [4.69, 9.17) is 0 Å². The second-order valence-corrected chi connectivity index (χ2v) is 5.35. The number of benzene rings is 2. The summed E-state index contributed by atoms with van der Waals surface area (Å²) in [6.45, 7) is 3.71. The van der Waals surface area contributed by atoms with Gasteiger partial charge in [-0.25, -0.2) is 0 Å². The van der Waals surface area contributed by atoms with E-state index in [-0.39, 0.29) is 12.7 Å². The summed E-state index contributed by atoms with van der Waals surface area (Å²) in [6, 6.07) is 15.0. The van der Waals surface area contributed by atoms with E-state index in [0.717, 1.165) is 26.2 Å². The lowest BCUT2D eigenvalue weighted by atomic mass is 9.95. The van der Waals surface area contributed by atoms with Crippen molar-refractivity contribution in [2.45, 2.75) is 12.5 Å². The summed E-state index contributed by atoms with van der Waals surface area (Å²) in [6.07, 6.45) is 0.577. The molecule has 106 valence electrons. The maximum Gasteiger partial charge on any atom is 0.0912 e. The number of piperazine rings is 1. The molecule has 1 saturated heterocycles. The molecule has 1 aliphatic rings. The van der Waals surface area contributed by atoms with Gasteiger partial charge in [0.1, 0.15) is 0 Å². The zero-order valence-corrected chi connectivity index (χ0v) is 11.7. The standard InChI is InChI=1S/C17H21FN2/c18-9-8-17(20-12-10-19-11-13-20)16-7-3-5-14-4-1-2-6-15(14)16/h1-7,17,19H,8-13H2/t17-/m0/s1. The zero-order valence-electron chi connectivity index (χ0n) is 11.7. The van der Waals surface area contributed by atoms with Crippen molar-refractivity contribution in [3.63, 3.8) is 0 Å². The van der Waals surface area contributed by atoms with E-state index in [0.29, 0.717) is 6.42 Å². The molecule has 1 fully saturated rings. The Balaban J connectivity index is 2.00. The summed E-state index contributed by atoms with van der Waals surface area (Å²) in [5, 5.41) is 5.86. The van der Waals surface area contributed by atoms with Crippen LogP contribution in [0.1, 0.15) is 18.0 Å². The molecule has 0 saturated carbocycles. The first-order valence-corrected chi connectivity index (χ1v) is 7.38. The Hall–Kier alpha value is -1.45. The average molecular weight is 272 g/mol. The first kappa shape index (κ1) is 13.5. The third kappa shape index (κ3) is 2.69. The average Bonchev–Trinajstić information content (AvgIpc) is 2.53. The summed E-state index contributed by atoms with van der Waals surface area (Å²) in [7, 11) is 0. The molecule has 0 spiro atoms. The van der Waals surface area contributed by atoms with Crippen LogP contribution in [-0.2, 0) is 0 Å². The zero-order chi connectivity index (χ0) is 13.8. The number of hydrogen-bond acceptors (Lipinski definition) is 2. The SMILES string of the molecule is FCC[C@@H](c1cccc2ccccc12)N1CCNCC1. The molecule has 2 aromatic carbocycles. The quantitative estimate of drug-likeness (QED) is 0.920. The molecule has 20 heavy (non-hydrogen) atoms. The molecule has 0 amide bonds. The maximum absolute atomic E-state index is 13.0. The van der Waals surface area contributed by atoms with Crippen molar-refractivity contribution < 1.29 is 4.39 Å². The highest BCUT2D eigenvalue weighted by Gasteiger charge is 2.23. The van der Waals surface area contributed by atoms with Gasteiger partial charge in [-0.05, 0) is 22.8 Å². The van der Waals surface area contributed by atoms with Crippen LogP contribution in [0.2, 0.25) is 0 Å². The fraction of sp³-hybridized carbons (Fsp3) is 0.412. The molecule has 1 heterocycles. The second kappa shape index (κ2) is 6.33. The van der Waals surface area contributed by atoms with E-state index in [1.54, 1.807) is 0 Å². The van der Waals surface area contributed by atoms with Crippen LogP contribution in [0.5, 0.6) is 0 Å². The van der Waals surface area contributed by atoms with Gasteiger partial charge in [-0.2, -0.15) is 0 Å². The third-order valence-electron chi connectivity index (χ3n) is 4.16. The Bertz CT molecular complexity index is 558. The molecular formula is C17H21FN2. The minimum absolute atomic E-state index is 0.188. The fourth-order valence-corrected chi connectivity index (χ4v) is 3.17. The first-order valence-electron chi connectivity index (χ1n) is 7.38. The van der Waals surface area contributed by atoms with Crippen LogP contribution in [0.3, 0.4) is 0 Å². The molecule has 0 aliphatic carbocycles. The van der Waals surface area contributed by atoms with Gasteiger partial charge in [0.25, 0.3) is 0 Å². The monoisotopic (exact) mass is 272 g/mol. The Morgan fingerprint density at radius 1 is 1.05 bits per heavy atom. The molecule has 0 unspecified atom stereocenters. The smallest absolute Gasteiger partial charge is 0.0912 e. The minimum atomic E-state index is -0.266. The predicted molar refractivity (Wildman–Crippen MR) is 81.7 cm³/mol. The van der Waals surface area contributed by atoms with E-state index in [1.807, 2.05) is 0 Å². The number of fused-ring (bicyclic) bond motifs is 1. The van der Waals surface area contributed by atoms with Gasteiger partial charge in [0.15, 0.2) is 0 Å². The van der Waals surface area contributed by atoms with Crippen LogP contribution in [-0.4, -0.2) is 37.8 Å². The Morgan fingerprint density at radius 3 is 2.60 bits per heavy atom. The van der Waals surface area contributed by atoms with Crippen molar-refractivity contribution >= 4 is 10.8 Å². The number of alkyl halides is 1. The van der Waals surface area contributed by atoms with E-state index < -0.39 is 0 Å². The lowest BCUT2D eigenvalue weighted by molar-refractivity contribution is 0.158. The van der Waals surface area contributed by atoms with Gasteiger partial charge in [-0.3, -0.25) is 9.29 Å². The van der Waals surface area contributed by atoms with Crippen LogP contribution < -0.4 is 5.32 Å². The van der Waals surface area contributed by atoms with Gasteiger partial charge in [0, 0.05) is 32.2 Å². The van der Waals surface area contributed by atoms with Crippen LogP contribution in [0.4, 0.5) is 4.39 Å². The Kier molecular flexibility index (Phi) is 4.28. The van der Waals surface area contributed by atoms with E-state index in [1.165, 1.54) is 16.3 Å². The highest BCUT2D eigenvalue weighted by atomic mass is 19.1.